The van der Waals surface area contributed by atoms with Crippen LogP contribution >= 0.6 is 11.8 Å². The van der Waals surface area contributed by atoms with Crippen molar-refractivity contribution in [2.45, 2.75) is 44.1 Å². The molecule has 1 aromatic carbocycles. The SMILES string of the molecule is CC(C)c1nc(SCC(=O)N2CCC(Cc3ccccc3)CC2)c2c(=O)n(C)c(=O)n(C)c2n1. The highest BCUT2D eigenvalue weighted by atomic mass is 32.2. The molecule has 9 heteroatoms. The quantitative estimate of drug-likeness (QED) is 0.397. The summed E-state index contributed by atoms with van der Waals surface area (Å²) in [7, 11) is 3.04. The number of fused-ring (bicyclic) bond motifs is 1. The molecule has 1 fully saturated rings. The number of likely N-dealkylation sites (tertiary alicyclic amines) is 1. The van der Waals surface area contributed by atoms with Gasteiger partial charge in [0.15, 0.2) is 5.65 Å². The van der Waals surface area contributed by atoms with Crippen molar-refractivity contribution in [3.05, 3.63) is 62.6 Å². The molecule has 34 heavy (non-hydrogen) atoms. The Morgan fingerprint density at radius 2 is 1.74 bits per heavy atom. The van der Waals surface area contributed by atoms with E-state index >= 15 is 0 Å². The number of aryl methyl sites for hydroxylation is 1. The van der Waals surface area contributed by atoms with E-state index in [1.165, 1.54) is 28.9 Å². The Labute approximate surface area is 203 Å². The van der Waals surface area contributed by atoms with Gasteiger partial charge in [-0.05, 0) is 30.7 Å². The number of carbonyl (C=O) groups excluding carboxylic acids is 1. The lowest BCUT2D eigenvalue weighted by Gasteiger charge is -2.32. The lowest BCUT2D eigenvalue weighted by Crippen LogP contribution is -2.40. The molecule has 3 heterocycles. The van der Waals surface area contributed by atoms with Gasteiger partial charge in [-0.25, -0.2) is 14.8 Å². The predicted molar refractivity (Wildman–Crippen MR) is 134 cm³/mol. The topological polar surface area (TPSA) is 90.1 Å². The molecule has 1 aliphatic heterocycles. The number of amides is 1. The van der Waals surface area contributed by atoms with Crippen LogP contribution in [-0.2, 0) is 25.3 Å². The molecule has 180 valence electrons. The monoisotopic (exact) mass is 481 g/mol. The Kier molecular flexibility index (Phi) is 7.21. The minimum Gasteiger partial charge on any atom is -0.342 e. The summed E-state index contributed by atoms with van der Waals surface area (Å²) in [6, 6.07) is 10.5. The maximum absolute atomic E-state index is 13.0. The molecule has 1 aliphatic rings. The molecule has 8 nitrogen and oxygen atoms in total. The molecule has 0 bridgehead atoms. The van der Waals surface area contributed by atoms with E-state index in [4.69, 9.17) is 0 Å². The van der Waals surface area contributed by atoms with Gasteiger partial charge in [0.1, 0.15) is 16.2 Å². The van der Waals surface area contributed by atoms with Crippen molar-refractivity contribution in [1.29, 1.82) is 0 Å². The fourth-order valence-electron chi connectivity index (χ4n) is 4.36. The smallest absolute Gasteiger partial charge is 0.332 e. The van der Waals surface area contributed by atoms with Crippen LogP contribution in [0, 0.1) is 5.92 Å². The molecule has 3 aromatic rings. The number of rotatable bonds is 6. The van der Waals surface area contributed by atoms with Crippen molar-refractivity contribution in [3.8, 4) is 0 Å². The van der Waals surface area contributed by atoms with Gasteiger partial charge in [0.25, 0.3) is 5.56 Å². The van der Waals surface area contributed by atoms with E-state index in [0.29, 0.717) is 22.4 Å². The maximum atomic E-state index is 13.0. The van der Waals surface area contributed by atoms with Crippen LogP contribution in [-0.4, -0.2) is 48.8 Å². The standard InChI is InChI=1S/C25H31N5O3S/c1-16(2)21-26-22-20(24(32)29(4)25(33)28(22)3)23(27-21)34-15-19(31)30-12-10-18(11-13-30)14-17-8-6-5-7-9-17/h5-9,16,18H,10-15H2,1-4H3. The maximum Gasteiger partial charge on any atom is 0.332 e. The Bertz CT molecular complexity index is 1310. The van der Waals surface area contributed by atoms with Gasteiger partial charge in [0, 0.05) is 33.1 Å². The molecule has 2 aromatic heterocycles. The number of hydrogen-bond donors (Lipinski definition) is 0. The van der Waals surface area contributed by atoms with E-state index < -0.39 is 11.2 Å². The molecule has 0 N–H and O–H groups in total. The zero-order chi connectivity index (χ0) is 24.4. The van der Waals surface area contributed by atoms with Gasteiger partial charge in [-0.2, -0.15) is 0 Å². The fourth-order valence-corrected chi connectivity index (χ4v) is 5.29. The number of aromatic nitrogens is 4. The summed E-state index contributed by atoms with van der Waals surface area (Å²) < 4.78 is 2.43. The van der Waals surface area contributed by atoms with Gasteiger partial charge in [0.2, 0.25) is 5.91 Å². The molecule has 0 aliphatic carbocycles. The van der Waals surface area contributed by atoms with Crippen molar-refractivity contribution in [2.24, 2.45) is 20.0 Å². The van der Waals surface area contributed by atoms with Crippen LogP contribution in [0.3, 0.4) is 0 Å². The lowest BCUT2D eigenvalue weighted by atomic mass is 9.90. The average molecular weight is 482 g/mol. The summed E-state index contributed by atoms with van der Waals surface area (Å²) in [4.78, 5) is 49.3. The Morgan fingerprint density at radius 1 is 1.06 bits per heavy atom. The molecule has 1 amide bonds. The van der Waals surface area contributed by atoms with Crippen LogP contribution in [0.15, 0.2) is 44.9 Å². The van der Waals surface area contributed by atoms with Crippen LogP contribution in [0.4, 0.5) is 0 Å². The van der Waals surface area contributed by atoms with Crippen molar-refractivity contribution in [1.82, 2.24) is 24.0 Å². The summed E-state index contributed by atoms with van der Waals surface area (Å²) in [5.41, 5.74) is 0.778. The predicted octanol–water partition coefficient (Wildman–Crippen LogP) is 2.72. The van der Waals surface area contributed by atoms with Gasteiger partial charge in [-0.15, -0.1) is 0 Å². The third-order valence-electron chi connectivity index (χ3n) is 6.47. The molecule has 4 rings (SSSR count). The minimum atomic E-state index is -0.440. The van der Waals surface area contributed by atoms with Crippen LogP contribution in [0.1, 0.15) is 44.0 Å². The van der Waals surface area contributed by atoms with Crippen LogP contribution < -0.4 is 11.2 Å². The first-order chi connectivity index (χ1) is 16.3. The number of hydrogen-bond acceptors (Lipinski definition) is 6. The third kappa shape index (κ3) is 4.94. The van der Waals surface area contributed by atoms with Gasteiger partial charge in [0.05, 0.1) is 5.75 Å². The van der Waals surface area contributed by atoms with Gasteiger partial charge >= 0.3 is 5.69 Å². The largest absolute Gasteiger partial charge is 0.342 e. The summed E-state index contributed by atoms with van der Waals surface area (Å²) >= 11 is 1.25. The summed E-state index contributed by atoms with van der Waals surface area (Å²) in [6.07, 6.45) is 3.02. The second-order valence-electron chi connectivity index (χ2n) is 9.25. The van der Waals surface area contributed by atoms with E-state index in [-0.39, 0.29) is 23.0 Å². The first-order valence-corrected chi connectivity index (χ1v) is 12.7. The van der Waals surface area contributed by atoms with Crippen molar-refractivity contribution in [3.63, 3.8) is 0 Å². The average Bonchev–Trinajstić information content (AvgIpc) is 2.85. The highest BCUT2D eigenvalue weighted by molar-refractivity contribution is 8.00. The van der Waals surface area contributed by atoms with E-state index in [9.17, 15) is 14.4 Å². The van der Waals surface area contributed by atoms with Crippen molar-refractivity contribution >= 4 is 28.7 Å². The van der Waals surface area contributed by atoms with E-state index in [0.717, 1.165) is 36.9 Å². The third-order valence-corrected chi connectivity index (χ3v) is 7.43. The van der Waals surface area contributed by atoms with Crippen molar-refractivity contribution in [2.75, 3.05) is 18.8 Å². The second kappa shape index (κ2) is 10.1. The molecule has 0 radical (unpaired) electrons. The number of carbonyl (C=O) groups is 1. The normalized spacial score (nSPS) is 14.8. The molecule has 0 spiro atoms. The van der Waals surface area contributed by atoms with Gasteiger partial charge in [-0.3, -0.25) is 18.7 Å². The van der Waals surface area contributed by atoms with E-state index in [1.807, 2.05) is 24.8 Å². The number of benzene rings is 1. The number of piperidine rings is 1. The van der Waals surface area contributed by atoms with Crippen LogP contribution in [0.25, 0.3) is 11.0 Å². The van der Waals surface area contributed by atoms with Crippen LogP contribution in [0.5, 0.6) is 0 Å². The molecular weight excluding hydrogens is 450 g/mol. The Hall–Kier alpha value is -2.94. The minimum absolute atomic E-state index is 0.0160. The van der Waals surface area contributed by atoms with Gasteiger partial charge < -0.3 is 4.90 Å². The first kappa shape index (κ1) is 24.2. The zero-order valence-corrected chi connectivity index (χ0v) is 21.0. The van der Waals surface area contributed by atoms with Crippen molar-refractivity contribution < 1.29 is 4.79 Å². The Morgan fingerprint density at radius 3 is 2.38 bits per heavy atom. The van der Waals surface area contributed by atoms with Crippen LogP contribution in [0.2, 0.25) is 0 Å². The summed E-state index contributed by atoms with van der Waals surface area (Å²) in [5.74, 6) is 1.39. The summed E-state index contributed by atoms with van der Waals surface area (Å²) in [6.45, 7) is 5.41. The highest BCUT2D eigenvalue weighted by Crippen LogP contribution is 2.26. The molecule has 0 unspecified atom stereocenters. The second-order valence-corrected chi connectivity index (χ2v) is 10.2. The van der Waals surface area contributed by atoms with Gasteiger partial charge in [-0.1, -0.05) is 55.9 Å². The zero-order valence-electron chi connectivity index (χ0n) is 20.2. The Balaban J connectivity index is 1.48. The van der Waals surface area contributed by atoms with E-state index in [1.54, 1.807) is 7.05 Å². The number of thioether (sulfide) groups is 1. The lowest BCUT2D eigenvalue weighted by molar-refractivity contribution is -0.129. The first-order valence-electron chi connectivity index (χ1n) is 11.7. The fraction of sp³-hybridized carbons (Fsp3) is 0.480. The summed E-state index contributed by atoms with van der Waals surface area (Å²) in [5, 5.41) is 0.741. The molecule has 1 saturated heterocycles. The molecular formula is C25H31N5O3S. The van der Waals surface area contributed by atoms with E-state index in [2.05, 4.69) is 34.2 Å². The molecule has 0 atom stereocenters. The molecule has 0 saturated carbocycles. The number of nitrogens with zero attached hydrogens (tertiary/aromatic N) is 5. The highest BCUT2D eigenvalue weighted by Gasteiger charge is 2.24.